The zero-order valence-electron chi connectivity index (χ0n) is 15.3. The van der Waals surface area contributed by atoms with E-state index in [4.69, 9.17) is 25.8 Å². The standard InChI is InChI=1S/C17H24ClN3O5/c1-11(2)26-7-5-6-19-16(22)17(23)21-20-10-12-8-13(18)15(25-4)14(9-12)24-3/h8-11H,5-7H2,1-4H3,(H,19,22)(H,21,23)/b20-10-. The second-order valence-electron chi connectivity index (χ2n) is 5.47. The van der Waals surface area contributed by atoms with Gasteiger partial charge in [-0.05, 0) is 38.0 Å². The average Bonchev–Trinajstić information content (AvgIpc) is 2.60. The Bertz CT molecular complexity index is 650. The number of hydrogen-bond acceptors (Lipinski definition) is 6. The number of methoxy groups -OCH3 is 2. The van der Waals surface area contributed by atoms with Crippen molar-refractivity contribution in [3.63, 3.8) is 0 Å². The van der Waals surface area contributed by atoms with Crippen molar-refractivity contribution in [3.8, 4) is 11.5 Å². The molecule has 1 rings (SSSR count). The van der Waals surface area contributed by atoms with Crippen LogP contribution in [0.2, 0.25) is 5.02 Å². The second-order valence-corrected chi connectivity index (χ2v) is 5.87. The third-order valence-corrected chi connectivity index (χ3v) is 3.38. The van der Waals surface area contributed by atoms with Gasteiger partial charge in [0.05, 0.1) is 31.6 Å². The summed E-state index contributed by atoms with van der Waals surface area (Å²) in [5, 5.41) is 6.56. The molecule has 0 unspecified atom stereocenters. The maximum Gasteiger partial charge on any atom is 0.329 e. The summed E-state index contributed by atoms with van der Waals surface area (Å²) in [6.07, 6.45) is 2.09. The van der Waals surface area contributed by atoms with E-state index in [2.05, 4.69) is 15.8 Å². The normalized spacial score (nSPS) is 10.8. The summed E-state index contributed by atoms with van der Waals surface area (Å²) in [6, 6.07) is 3.22. The first-order valence-corrected chi connectivity index (χ1v) is 8.41. The summed E-state index contributed by atoms with van der Waals surface area (Å²) < 4.78 is 15.6. The lowest BCUT2D eigenvalue weighted by molar-refractivity contribution is -0.139. The van der Waals surface area contributed by atoms with Crippen molar-refractivity contribution < 1.29 is 23.8 Å². The van der Waals surface area contributed by atoms with Crippen molar-refractivity contribution in [1.29, 1.82) is 0 Å². The van der Waals surface area contributed by atoms with Crippen molar-refractivity contribution in [2.75, 3.05) is 27.4 Å². The number of nitrogens with one attached hydrogen (secondary N) is 2. The van der Waals surface area contributed by atoms with Crippen LogP contribution in [0.5, 0.6) is 11.5 Å². The van der Waals surface area contributed by atoms with E-state index in [0.29, 0.717) is 41.7 Å². The van der Waals surface area contributed by atoms with Crippen LogP contribution in [0.25, 0.3) is 0 Å². The fourth-order valence-electron chi connectivity index (χ4n) is 1.90. The Labute approximate surface area is 157 Å². The summed E-state index contributed by atoms with van der Waals surface area (Å²) in [5.74, 6) is -0.806. The number of nitrogens with zero attached hydrogens (tertiary/aromatic N) is 1. The second kappa shape index (κ2) is 11.3. The first-order chi connectivity index (χ1) is 12.4. The molecule has 0 aromatic heterocycles. The molecular formula is C17H24ClN3O5. The van der Waals surface area contributed by atoms with Crippen LogP contribution in [0.4, 0.5) is 0 Å². The Morgan fingerprint density at radius 3 is 2.58 bits per heavy atom. The fraction of sp³-hybridized carbons (Fsp3) is 0.471. The molecule has 0 aliphatic rings. The van der Waals surface area contributed by atoms with Gasteiger partial charge in [-0.15, -0.1) is 0 Å². The zero-order valence-corrected chi connectivity index (χ0v) is 16.1. The van der Waals surface area contributed by atoms with E-state index in [1.165, 1.54) is 20.4 Å². The molecule has 2 amide bonds. The lowest BCUT2D eigenvalue weighted by atomic mass is 10.2. The molecule has 144 valence electrons. The summed E-state index contributed by atoms with van der Waals surface area (Å²) >= 11 is 6.08. The van der Waals surface area contributed by atoms with Gasteiger partial charge in [0.1, 0.15) is 0 Å². The molecule has 0 radical (unpaired) electrons. The van der Waals surface area contributed by atoms with Crippen LogP contribution in [0, 0.1) is 0 Å². The van der Waals surface area contributed by atoms with E-state index in [9.17, 15) is 9.59 Å². The predicted molar refractivity (Wildman–Crippen MR) is 99.0 cm³/mol. The smallest absolute Gasteiger partial charge is 0.329 e. The van der Waals surface area contributed by atoms with Crippen LogP contribution in [0.15, 0.2) is 17.2 Å². The van der Waals surface area contributed by atoms with Gasteiger partial charge in [0.25, 0.3) is 0 Å². The van der Waals surface area contributed by atoms with Crippen molar-refractivity contribution >= 4 is 29.6 Å². The fourth-order valence-corrected chi connectivity index (χ4v) is 2.20. The van der Waals surface area contributed by atoms with Crippen LogP contribution < -0.4 is 20.2 Å². The SMILES string of the molecule is COc1cc(/C=N\NC(=O)C(=O)NCCCOC(C)C)cc(Cl)c1OC. The minimum atomic E-state index is -0.863. The van der Waals surface area contributed by atoms with Gasteiger partial charge in [0, 0.05) is 13.2 Å². The van der Waals surface area contributed by atoms with Gasteiger partial charge in [-0.3, -0.25) is 9.59 Å². The Morgan fingerprint density at radius 2 is 1.96 bits per heavy atom. The van der Waals surface area contributed by atoms with Crippen LogP contribution in [-0.2, 0) is 14.3 Å². The van der Waals surface area contributed by atoms with Crippen molar-refractivity contribution in [3.05, 3.63) is 22.7 Å². The van der Waals surface area contributed by atoms with Crippen LogP contribution in [0.1, 0.15) is 25.8 Å². The average molecular weight is 386 g/mol. The molecule has 1 aromatic carbocycles. The van der Waals surface area contributed by atoms with Gasteiger partial charge in [0.2, 0.25) is 0 Å². The Morgan fingerprint density at radius 1 is 1.23 bits per heavy atom. The number of rotatable bonds is 9. The lowest BCUT2D eigenvalue weighted by Crippen LogP contribution is -2.38. The summed E-state index contributed by atoms with van der Waals surface area (Å²) in [4.78, 5) is 23.3. The van der Waals surface area contributed by atoms with E-state index >= 15 is 0 Å². The number of benzene rings is 1. The van der Waals surface area contributed by atoms with Gasteiger partial charge in [-0.25, -0.2) is 5.43 Å². The van der Waals surface area contributed by atoms with Gasteiger partial charge in [0.15, 0.2) is 11.5 Å². The Hall–Kier alpha value is -2.32. The van der Waals surface area contributed by atoms with Crippen molar-refractivity contribution in [2.45, 2.75) is 26.4 Å². The molecular weight excluding hydrogens is 362 g/mol. The topological polar surface area (TPSA) is 98.2 Å². The largest absolute Gasteiger partial charge is 0.493 e. The molecule has 26 heavy (non-hydrogen) atoms. The van der Waals surface area contributed by atoms with Crippen molar-refractivity contribution in [1.82, 2.24) is 10.7 Å². The third-order valence-electron chi connectivity index (χ3n) is 3.10. The van der Waals surface area contributed by atoms with E-state index in [1.807, 2.05) is 13.8 Å². The highest BCUT2D eigenvalue weighted by Gasteiger charge is 2.12. The Kier molecular flexibility index (Phi) is 9.46. The van der Waals surface area contributed by atoms with E-state index in [0.717, 1.165) is 0 Å². The molecule has 0 aliphatic carbocycles. The van der Waals surface area contributed by atoms with E-state index in [-0.39, 0.29) is 6.10 Å². The number of hydrazone groups is 1. The maximum absolute atomic E-state index is 11.7. The molecule has 0 saturated carbocycles. The number of amides is 2. The third kappa shape index (κ3) is 7.28. The van der Waals surface area contributed by atoms with Gasteiger partial charge in [-0.1, -0.05) is 11.6 Å². The molecule has 0 bridgehead atoms. The first-order valence-electron chi connectivity index (χ1n) is 8.03. The monoisotopic (exact) mass is 385 g/mol. The summed E-state index contributed by atoms with van der Waals surface area (Å²) in [7, 11) is 2.96. The summed E-state index contributed by atoms with van der Waals surface area (Å²) in [5.41, 5.74) is 2.72. The Balaban J connectivity index is 2.49. The molecule has 0 aliphatic heterocycles. The van der Waals surface area contributed by atoms with Gasteiger partial charge in [-0.2, -0.15) is 5.10 Å². The molecule has 2 N–H and O–H groups in total. The quantitative estimate of drug-likeness (QED) is 0.292. The van der Waals surface area contributed by atoms with E-state index < -0.39 is 11.8 Å². The number of halogens is 1. The predicted octanol–water partition coefficient (Wildman–Crippen LogP) is 1.74. The molecule has 0 heterocycles. The highest BCUT2D eigenvalue weighted by Crippen LogP contribution is 2.35. The molecule has 0 saturated heterocycles. The number of carbonyl (C=O) groups is 2. The van der Waals surface area contributed by atoms with Crippen LogP contribution in [0.3, 0.4) is 0 Å². The van der Waals surface area contributed by atoms with Crippen LogP contribution in [-0.4, -0.2) is 51.5 Å². The highest BCUT2D eigenvalue weighted by molar-refractivity contribution is 6.35. The molecule has 1 aromatic rings. The zero-order chi connectivity index (χ0) is 19.5. The molecule has 0 atom stereocenters. The highest BCUT2D eigenvalue weighted by atomic mass is 35.5. The minimum Gasteiger partial charge on any atom is -0.493 e. The van der Waals surface area contributed by atoms with Crippen LogP contribution >= 0.6 is 11.6 Å². The lowest BCUT2D eigenvalue weighted by Gasteiger charge is -2.10. The minimum absolute atomic E-state index is 0.133. The number of ether oxygens (including phenoxy) is 3. The van der Waals surface area contributed by atoms with Gasteiger partial charge >= 0.3 is 11.8 Å². The maximum atomic E-state index is 11.7. The first kappa shape index (κ1) is 21.7. The van der Waals surface area contributed by atoms with E-state index in [1.54, 1.807) is 12.1 Å². The molecule has 0 spiro atoms. The summed E-state index contributed by atoms with van der Waals surface area (Å²) in [6.45, 7) is 4.71. The number of hydrogen-bond donors (Lipinski definition) is 2. The molecule has 9 heteroatoms. The van der Waals surface area contributed by atoms with Crippen molar-refractivity contribution in [2.24, 2.45) is 5.10 Å². The molecule has 0 fully saturated rings. The number of carbonyl (C=O) groups excluding carboxylic acids is 2. The molecule has 8 nitrogen and oxygen atoms in total. The van der Waals surface area contributed by atoms with Gasteiger partial charge < -0.3 is 19.5 Å².